The summed E-state index contributed by atoms with van der Waals surface area (Å²) in [5.74, 6) is 0.788. The van der Waals surface area contributed by atoms with Crippen molar-refractivity contribution < 1.29 is 8.42 Å². The first-order chi connectivity index (χ1) is 8.88. The molecule has 0 saturated heterocycles. The number of benzene rings is 1. The molecular formula is C15H23NO2S. The van der Waals surface area contributed by atoms with Crippen molar-refractivity contribution in [2.75, 3.05) is 12.0 Å². The predicted molar refractivity (Wildman–Crippen MR) is 78.9 cm³/mol. The van der Waals surface area contributed by atoms with Crippen LogP contribution in [0.15, 0.2) is 30.3 Å². The third kappa shape index (κ3) is 4.32. The third-order valence-corrected chi connectivity index (χ3v) is 5.17. The summed E-state index contributed by atoms with van der Waals surface area (Å²) in [6.45, 7) is 0. The van der Waals surface area contributed by atoms with E-state index in [1.54, 1.807) is 0 Å². The molecule has 2 rings (SSSR count). The average molecular weight is 281 g/mol. The van der Waals surface area contributed by atoms with E-state index in [4.69, 9.17) is 5.73 Å². The van der Waals surface area contributed by atoms with Crippen molar-refractivity contribution in [2.45, 2.75) is 43.6 Å². The van der Waals surface area contributed by atoms with Gasteiger partial charge in [-0.2, -0.15) is 0 Å². The van der Waals surface area contributed by atoms with Gasteiger partial charge in [0.25, 0.3) is 0 Å². The molecule has 2 N–H and O–H groups in total. The Kier molecular flexibility index (Phi) is 4.31. The van der Waals surface area contributed by atoms with Crippen molar-refractivity contribution in [1.82, 2.24) is 0 Å². The lowest BCUT2D eigenvalue weighted by Crippen LogP contribution is -2.44. The van der Waals surface area contributed by atoms with Crippen LogP contribution in [0.5, 0.6) is 0 Å². The van der Waals surface area contributed by atoms with Gasteiger partial charge in [0.1, 0.15) is 9.84 Å². The highest BCUT2D eigenvalue weighted by atomic mass is 32.2. The molecule has 1 aliphatic carbocycles. The van der Waals surface area contributed by atoms with Gasteiger partial charge in [-0.25, -0.2) is 8.42 Å². The first-order valence-electron chi connectivity index (χ1n) is 6.90. The molecule has 0 bridgehead atoms. The molecular weight excluding hydrogens is 258 g/mol. The van der Waals surface area contributed by atoms with E-state index < -0.39 is 9.84 Å². The van der Waals surface area contributed by atoms with E-state index >= 15 is 0 Å². The molecule has 1 saturated carbocycles. The van der Waals surface area contributed by atoms with Crippen molar-refractivity contribution >= 4 is 9.84 Å². The highest BCUT2D eigenvalue weighted by Gasteiger charge is 2.32. The molecule has 0 heterocycles. The second-order valence-corrected chi connectivity index (χ2v) is 8.19. The first kappa shape index (κ1) is 14.5. The number of rotatable bonds is 4. The van der Waals surface area contributed by atoms with Crippen molar-refractivity contribution in [2.24, 2.45) is 5.73 Å². The Bertz CT molecular complexity index is 502. The third-order valence-electron chi connectivity index (χ3n) is 4.22. The summed E-state index contributed by atoms with van der Waals surface area (Å²) in [4.78, 5) is 0. The Morgan fingerprint density at radius 2 is 1.79 bits per heavy atom. The molecule has 0 atom stereocenters. The summed E-state index contributed by atoms with van der Waals surface area (Å²) in [5, 5.41) is 0. The van der Waals surface area contributed by atoms with Gasteiger partial charge < -0.3 is 5.73 Å². The molecule has 0 unspecified atom stereocenters. The molecule has 0 aliphatic heterocycles. The van der Waals surface area contributed by atoms with E-state index in [9.17, 15) is 8.42 Å². The second kappa shape index (κ2) is 5.63. The smallest absolute Gasteiger partial charge is 0.147 e. The van der Waals surface area contributed by atoms with Gasteiger partial charge in [0.05, 0.1) is 5.75 Å². The highest BCUT2D eigenvalue weighted by molar-refractivity contribution is 7.90. The minimum Gasteiger partial charge on any atom is -0.325 e. The van der Waals surface area contributed by atoms with Gasteiger partial charge in [-0.15, -0.1) is 0 Å². The molecule has 1 aromatic rings. The van der Waals surface area contributed by atoms with Crippen molar-refractivity contribution in [3.05, 3.63) is 35.9 Å². The zero-order valence-electron chi connectivity index (χ0n) is 11.5. The topological polar surface area (TPSA) is 60.2 Å². The van der Waals surface area contributed by atoms with Gasteiger partial charge in [-0.05, 0) is 43.6 Å². The lowest BCUT2D eigenvalue weighted by molar-refractivity contribution is 0.265. The lowest BCUT2D eigenvalue weighted by atomic mass is 9.73. The zero-order chi connectivity index (χ0) is 13.9. The maximum absolute atomic E-state index is 11.2. The number of sulfone groups is 1. The summed E-state index contributed by atoms with van der Waals surface area (Å²) in [7, 11) is -2.91. The van der Waals surface area contributed by atoms with Crippen molar-refractivity contribution in [3.8, 4) is 0 Å². The van der Waals surface area contributed by atoms with E-state index in [1.165, 1.54) is 11.8 Å². The first-order valence-corrected chi connectivity index (χ1v) is 8.96. The van der Waals surface area contributed by atoms with Crippen LogP contribution in [-0.4, -0.2) is 26.0 Å². The average Bonchev–Trinajstić information content (AvgIpc) is 2.38. The molecule has 1 fully saturated rings. The molecule has 106 valence electrons. The maximum atomic E-state index is 11.2. The van der Waals surface area contributed by atoms with Crippen LogP contribution in [0.4, 0.5) is 0 Å². The summed E-state index contributed by atoms with van der Waals surface area (Å²) < 4.78 is 22.5. The van der Waals surface area contributed by atoms with Gasteiger partial charge >= 0.3 is 0 Å². The van der Waals surface area contributed by atoms with Crippen LogP contribution in [0.2, 0.25) is 0 Å². The zero-order valence-corrected chi connectivity index (χ0v) is 12.3. The van der Waals surface area contributed by atoms with E-state index in [0.717, 1.165) is 25.7 Å². The van der Waals surface area contributed by atoms with Crippen LogP contribution in [0.1, 0.15) is 43.6 Å². The van der Waals surface area contributed by atoms with Crippen molar-refractivity contribution in [3.63, 3.8) is 0 Å². The monoisotopic (exact) mass is 281 g/mol. The van der Waals surface area contributed by atoms with Crippen LogP contribution < -0.4 is 5.73 Å². The summed E-state index contributed by atoms with van der Waals surface area (Å²) in [6, 6.07) is 10.5. The standard InChI is InChI=1S/C15H23NO2S/c1-19(17,18)12-11-15(16)9-7-14(8-10-15)13-5-3-2-4-6-13/h2-6,14H,7-12,16H2,1H3. The maximum Gasteiger partial charge on any atom is 0.147 e. The van der Waals surface area contributed by atoms with E-state index in [-0.39, 0.29) is 11.3 Å². The fraction of sp³-hybridized carbons (Fsp3) is 0.600. The largest absolute Gasteiger partial charge is 0.325 e. The Morgan fingerprint density at radius 1 is 1.21 bits per heavy atom. The molecule has 0 radical (unpaired) electrons. The van der Waals surface area contributed by atoms with E-state index in [2.05, 4.69) is 24.3 Å². The Balaban J connectivity index is 1.91. The normalized spacial score (nSPS) is 28.2. The highest BCUT2D eigenvalue weighted by Crippen LogP contribution is 2.38. The summed E-state index contributed by atoms with van der Waals surface area (Å²) >= 11 is 0. The van der Waals surface area contributed by atoms with Crippen LogP contribution in [0, 0.1) is 0 Å². The van der Waals surface area contributed by atoms with Crippen LogP contribution >= 0.6 is 0 Å². The second-order valence-electron chi connectivity index (χ2n) is 5.93. The Morgan fingerprint density at radius 3 is 2.32 bits per heavy atom. The number of nitrogens with two attached hydrogens (primary N) is 1. The molecule has 4 heteroatoms. The summed E-state index contributed by atoms with van der Waals surface area (Å²) in [5.41, 5.74) is 7.44. The van der Waals surface area contributed by atoms with Gasteiger partial charge in [0, 0.05) is 11.8 Å². The molecule has 0 aromatic heterocycles. The van der Waals surface area contributed by atoms with Crippen molar-refractivity contribution in [1.29, 1.82) is 0 Å². The molecule has 0 amide bonds. The molecule has 3 nitrogen and oxygen atoms in total. The van der Waals surface area contributed by atoms with Gasteiger partial charge in [-0.1, -0.05) is 30.3 Å². The van der Waals surface area contributed by atoms with Gasteiger partial charge in [-0.3, -0.25) is 0 Å². The number of hydrogen-bond acceptors (Lipinski definition) is 3. The number of hydrogen-bond donors (Lipinski definition) is 1. The fourth-order valence-electron chi connectivity index (χ4n) is 2.89. The van der Waals surface area contributed by atoms with Crippen LogP contribution in [-0.2, 0) is 9.84 Å². The van der Waals surface area contributed by atoms with Crippen LogP contribution in [0.25, 0.3) is 0 Å². The molecule has 0 spiro atoms. The van der Waals surface area contributed by atoms with E-state index in [0.29, 0.717) is 12.3 Å². The lowest BCUT2D eigenvalue weighted by Gasteiger charge is -2.37. The van der Waals surface area contributed by atoms with E-state index in [1.807, 2.05) is 6.07 Å². The molecule has 1 aromatic carbocycles. The summed E-state index contributed by atoms with van der Waals surface area (Å²) in [6.07, 6.45) is 5.83. The Hall–Kier alpha value is -0.870. The Labute approximate surface area is 116 Å². The minimum atomic E-state index is -2.91. The molecule has 19 heavy (non-hydrogen) atoms. The van der Waals surface area contributed by atoms with Gasteiger partial charge in [0.2, 0.25) is 0 Å². The van der Waals surface area contributed by atoms with Crippen LogP contribution in [0.3, 0.4) is 0 Å². The quantitative estimate of drug-likeness (QED) is 0.922. The SMILES string of the molecule is CS(=O)(=O)CCC1(N)CCC(c2ccccc2)CC1. The van der Waals surface area contributed by atoms with Gasteiger partial charge in [0.15, 0.2) is 0 Å². The minimum absolute atomic E-state index is 0.208. The fourth-order valence-corrected chi connectivity index (χ4v) is 3.67. The predicted octanol–water partition coefficient (Wildman–Crippen LogP) is 2.48. The molecule has 1 aliphatic rings.